The van der Waals surface area contributed by atoms with Gasteiger partial charge in [0.1, 0.15) is 0 Å². The molecule has 1 heterocycles. The zero-order chi connectivity index (χ0) is 17.0. The Hall–Kier alpha value is -1.62. The summed E-state index contributed by atoms with van der Waals surface area (Å²) >= 11 is 6.15. The number of carbonyl (C=O) groups excluding carboxylic acids is 1. The first-order valence-corrected chi connectivity index (χ1v) is 8.68. The molecule has 4 nitrogen and oxygen atoms in total. The molecule has 1 aromatic heterocycles. The average molecular weight is 380 g/mol. The molecule has 0 spiro atoms. The van der Waals surface area contributed by atoms with Crippen molar-refractivity contribution in [1.29, 1.82) is 0 Å². The third kappa shape index (κ3) is 4.51. The van der Waals surface area contributed by atoms with Gasteiger partial charge in [-0.2, -0.15) is 0 Å². The SMILES string of the molecule is Cl.NC[C@]1(c2cccc(Cl)c2)CC[C@H](NC(=O)c2ccncc2)CC1. The molecule has 1 amide bonds. The van der Waals surface area contributed by atoms with Crippen LogP contribution >= 0.6 is 24.0 Å². The summed E-state index contributed by atoms with van der Waals surface area (Å²) in [4.78, 5) is 16.2. The predicted octanol–water partition coefficient (Wildman–Crippen LogP) is 3.73. The molecule has 1 aliphatic carbocycles. The zero-order valence-electron chi connectivity index (χ0n) is 14.0. The monoisotopic (exact) mass is 379 g/mol. The van der Waals surface area contributed by atoms with Crippen LogP contribution in [-0.4, -0.2) is 23.5 Å². The standard InChI is InChI=1S/C19H22ClN3O.ClH/c20-16-3-1-2-15(12-16)19(13-21)8-4-17(5-9-19)23-18(24)14-6-10-22-11-7-14;/h1-3,6-7,10-12,17H,4-5,8-9,13,21H2,(H,23,24);1H/t17-,19-;. The first-order chi connectivity index (χ1) is 11.6. The zero-order valence-corrected chi connectivity index (χ0v) is 15.5. The second kappa shape index (κ2) is 8.65. The molecule has 0 unspecified atom stereocenters. The minimum absolute atomic E-state index is 0. The number of aromatic nitrogens is 1. The number of amides is 1. The summed E-state index contributed by atoms with van der Waals surface area (Å²) in [6, 6.07) is 11.6. The number of pyridine rings is 1. The number of benzene rings is 1. The van der Waals surface area contributed by atoms with E-state index in [9.17, 15) is 4.79 Å². The van der Waals surface area contributed by atoms with Crippen LogP contribution in [0.5, 0.6) is 0 Å². The Morgan fingerprint density at radius 1 is 1.24 bits per heavy atom. The van der Waals surface area contributed by atoms with Gasteiger partial charge in [0, 0.05) is 41.0 Å². The van der Waals surface area contributed by atoms with E-state index in [0.717, 1.165) is 30.7 Å². The fourth-order valence-corrected chi connectivity index (χ4v) is 3.71. The molecule has 134 valence electrons. The van der Waals surface area contributed by atoms with Crippen LogP contribution in [-0.2, 0) is 5.41 Å². The summed E-state index contributed by atoms with van der Waals surface area (Å²) in [5.74, 6) is -0.0367. The van der Waals surface area contributed by atoms with Crippen molar-refractivity contribution in [3.8, 4) is 0 Å². The van der Waals surface area contributed by atoms with Crippen LogP contribution < -0.4 is 11.1 Å². The van der Waals surface area contributed by atoms with E-state index in [0.29, 0.717) is 12.1 Å². The van der Waals surface area contributed by atoms with Crippen molar-refractivity contribution >= 4 is 29.9 Å². The number of carbonyl (C=O) groups is 1. The van der Waals surface area contributed by atoms with E-state index >= 15 is 0 Å². The Bertz CT molecular complexity index is 701. The predicted molar refractivity (Wildman–Crippen MR) is 103 cm³/mol. The molecule has 3 rings (SSSR count). The fraction of sp³-hybridized carbons (Fsp3) is 0.368. The maximum Gasteiger partial charge on any atom is 0.251 e. The summed E-state index contributed by atoms with van der Waals surface area (Å²) in [5.41, 5.74) is 7.94. The van der Waals surface area contributed by atoms with Crippen LogP contribution in [0.4, 0.5) is 0 Å². The van der Waals surface area contributed by atoms with Crippen molar-refractivity contribution in [3.63, 3.8) is 0 Å². The molecule has 0 bridgehead atoms. The highest BCUT2D eigenvalue weighted by molar-refractivity contribution is 6.30. The molecule has 0 saturated heterocycles. The molecule has 0 radical (unpaired) electrons. The number of halogens is 2. The molecule has 6 heteroatoms. The van der Waals surface area contributed by atoms with Gasteiger partial charge in [0.05, 0.1) is 0 Å². The Balaban J connectivity index is 0.00000225. The van der Waals surface area contributed by atoms with E-state index in [1.807, 2.05) is 18.2 Å². The molecule has 0 atom stereocenters. The molecular formula is C19H23Cl2N3O. The number of nitrogens with zero attached hydrogens (tertiary/aromatic N) is 1. The minimum atomic E-state index is -0.0389. The smallest absolute Gasteiger partial charge is 0.251 e. The Labute approximate surface area is 159 Å². The third-order valence-corrected chi connectivity index (χ3v) is 5.28. The topological polar surface area (TPSA) is 68.0 Å². The van der Waals surface area contributed by atoms with Gasteiger partial charge in [0.25, 0.3) is 5.91 Å². The Kier molecular flexibility index (Phi) is 6.82. The Morgan fingerprint density at radius 3 is 2.52 bits per heavy atom. The van der Waals surface area contributed by atoms with Crippen molar-refractivity contribution in [2.45, 2.75) is 37.1 Å². The number of rotatable bonds is 4. The van der Waals surface area contributed by atoms with E-state index in [-0.39, 0.29) is 29.8 Å². The van der Waals surface area contributed by atoms with E-state index in [2.05, 4.69) is 16.4 Å². The number of hydrogen-bond donors (Lipinski definition) is 2. The van der Waals surface area contributed by atoms with Crippen molar-refractivity contribution in [3.05, 3.63) is 64.9 Å². The molecule has 1 saturated carbocycles. The summed E-state index contributed by atoms with van der Waals surface area (Å²) in [7, 11) is 0. The minimum Gasteiger partial charge on any atom is -0.349 e. The largest absolute Gasteiger partial charge is 0.349 e. The first kappa shape index (κ1) is 19.7. The van der Waals surface area contributed by atoms with Gasteiger partial charge in [0.2, 0.25) is 0 Å². The average Bonchev–Trinajstić information content (AvgIpc) is 2.63. The highest BCUT2D eigenvalue weighted by Crippen LogP contribution is 2.39. The van der Waals surface area contributed by atoms with Crippen LogP contribution in [0.25, 0.3) is 0 Å². The van der Waals surface area contributed by atoms with Crippen molar-refractivity contribution in [2.75, 3.05) is 6.54 Å². The van der Waals surface area contributed by atoms with Gasteiger partial charge in [-0.15, -0.1) is 12.4 Å². The molecule has 2 aromatic rings. The van der Waals surface area contributed by atoms with E-state index in [1.165, 1.54) is 5.56 Å². The second-order valence-corrected chi connectivity index (χ2v) is 6.91. The van der Waals surface area contributed by atoms with Crippen molar-refractivity contribution in [2.24, 2.45) is 5.73 Å². The van der Waals surface area contributed by atoms with E-state index < -0.39 is 0 Å². The van der Waals surface area contributed by atoms with Gasteiger partial charge >= 0.3 is 0 Å². The summed E-state index contributed by atoms with van der Waals surface area (Å²) in [6.07, 6.45) is 7.00. The lowest BCUT2D eigenvalue weighted by Gasteiger charge is -2.40. The normalized spacial score (nSPS) is 22.7. The van der Waals surface area contributed by atoms with Gasteiger partial charge in [-0.25, -0.2) is 0 Å². The van der Waals surface area contributed by atoms with Crippen molar-refractivity contribution < 1.29 is 4.79 Å². The highest BCUT2D eigenvalue weighted by Gasteiger charge is 2.36. The fourth-order valence-electron chi connectivity index (χ4n) is 3.52. The lowest BCUT2D eigenvalue weighted by molar-refractivity contribution is 0.0918. The lowest BCUT2D eigenvalue weighted by Crippen LogP contribution is -2.45. The van der Waals surface area contributed by atoms with Crippen molar-refractivity contribution in [1.82, 2.24) is 10.3 Å². The number of nitrogens with two attached hydrogens (primary N) is 1. The Morgan fingerprint density at radius 2 is 1.92 bits per heavy atom. The molecule has 0 aliphatic heterocycles. The molecule has 3 N–H and O–H groups in total. The summed E-state index contributed by atoms with van der Waals surface area (Å²) in [5, 5.41) is 3.87. The maximum atomic E-state index is 12.3. The van der Waals surface area contributed by atoms with Crippen LogP contribution in [0.15, 0.2) is 48.8 Å². The quantitative estimate of drug-likeness (QED) is 0.850. The van der Waals surface area contributed by atoms with Crippen LogP contribution in [0.2, 0.25) is 5.02 Å². The summed E-state index contributed by atoms with van der Waals surface area (Å²) in [6.45, 7) is 0.596. The maximum absolute atomic E-state index is 12.3. The summed E-state index contributed by atoms with van der Waals surface area (Å²) < 4.78 is 0. The van der Waals surface area contributed by atoms with Crippen LogP contribution in [0.1, 0.15) is 41.6 Å². The van der Waals surface area contributed by atoms with Crippen LogP contribution in [0.3, 0.4) is 0 Å². The molecule has 1 aromatic carbocycles. The lowest BCUT2D eigenvalue weighted by atomic mass is 9.68. The van der Waals surface area contributed by atoms with E-state index in [4.69, 9.17) is 17.3 Å². The highest BCUT2D eigenvalue weighted by atomic mass is 35.5. The van der Waals surface area contributed by atoms with Gasteiger partial charge < -0.3 is 11.1 Å². The van der Waals surface area contributed by atoms with Gasteiger partial charge in [0.15, 0.2) is 0 Å². The molecular weight excluding hydrogens is 357 g/mol. The van der Waals surface area contributed by atoms with Crippen LogP contribution in [0, 0.1) is 0 Å². The number of hydrogen-bond acceptors (Lipinski definition) is 3. The molecule has 1 aliphatic rings. The van der Waals surface area contributed by atoms with Gasteiger partial charge in [-0.05, 0) is 55.5 Å². The first-order valence-electron chi connectivity index (χ1n) is 8.30. The van der Waals surface area contributed by atoms with Gasteiger partial charge in [-0.1, -0.05) is 23.7 Å². The number of nitrogens with one attached hydrogen (secondary N) is 1. The third-order valence-electron chi connectivity index (χ3n) is 5.05. The molecule has 1 fully saturated rings. The van der Waals surface area contributed by atoms with Gasteiger partial charge in [-0.3, -0.25) is 9.78 Å². The second-order valence-electron chi connectivity index (χ2n) is 6.48. The molecule has 25 heavy (non-hydrogen) atoms. The van der Waals surface area contributed by atoms with E-state index in [1.54, 1.807) is 24.5 Å².